The van der Waals surface area contributed by atoms with E-state index in [1.165, 1.54) is 41.9 Å². The molecule has 0 fully saturated rings. The second-order valence-corrected chi connectivity index (χ2v) is 35.8. The van der Waals surface area contributed by atoms with Crippen molar-refractivity contribution in [1.82, 2.24) is 16.0 Å². The Balaban J connectivity index is -0.000000201. The highest BCUT2D eigenvalue weighted by atomic mass is 35.6. The number of aliphatic carboxylic acids is 1. The molecule has 0 saturated carbocycles. The molecule has 0 aromatic rings. The Bertz CT molecular complexity index is 1640. The van der Waals surface area contributed by atoms with E-state index < -0.39 is 129 Å². The maximum atomic E-state index is 11.8. The lowest BCUT2D eigenvalue weighted by Gasteiger charge is -2.37. The van der Waals surface area contributed by atoms with Crippen molar-refractivity contribution in [2.75, 3.05) is 27.4 Å². The highest BCUT2D eigenvalue weighted by Gasteiger charge is 2.38. The van der Waals surface area contributed by atoms with Gasteiger partial charge in [0, 0.05) is 0 Å². The first-order valence-corrected chi connectivity index (χ1v) is 31.6. The zero-order valence-electron chi connectivity index (χ0n) is 50.7. The van der Waals surface area contributed by atoms with Gasteiger partial charge in [-0.15, -0.1) is 0 Å². The number of carboxylic acids is 1. The quantitative estimate of drug-likeness (QED) is 0.0451. The van der Waals surface area contributed by atoms with E-state index in [2.05, 4.69) is 93.2 Å². The van der Waals surface area contributed by atoms with Crippen LogP contribution < -0.4 is 27.4 Å². The van der Waals surface area contributed by atoms with Crippen molar-refractivity contribution in [3.63, 3.8) is 0 Å². The normalized spacial score (nSPS) is 15.8. The number of rotatable bonds is 15. The molecule has 24 nitrogen and oxygen atoms in total. The molecular weight excluding hydrogens is 1050 g/mol. The van der Waals surface area contributed by atoms with Gasteiger partial charge in [-0.2, -0.15) is 11.1 Å². The number of hydrogen-bond acceptors (Lipinski definition) is 20. The Morgan fingerprint density at radius 1 is 0.513 bits per heavy atom. The number of aliphatic hydroxyl groups is 6. The zero-order valence-corrected chi connectivity index (χ0v) is 53.5. The number of alkyl carbamates (subject to hydrolysis) is 3. The molecule has 0 unspecified atom stereocenters. The van der Waals surface area contributed by atoms with E-state index in [9.17, 15) is 39.0 Å². The molecule has 76 heavy (non-hydrogen) atoms. The fourth-order valence-corrected chi connectivity index (χ4v) is 4.56. The number of carboxylic acid groups (broad SMARTS) is 1. The number of hydrogen-bond donors (Lipinski definition) is 12. The first-order valence-electron chi connectivity index (χ1n) is 24.7. The van der Waals surface area contributed by atoms with Gasteiger partial charge in [0.1, 0.15) is 28.9 Å². The minimum absolute atomic E-state index is 0.0855. The Hall–Kier alpha value is -3.42. The highest BCUT2D eigenvalue weighted by molar-refractivity contribution is 7.20. The molecule has 0 heterocycles. The van der Waals surface area contributed by atoms with E-state index >= 15 is 0 Å². The van der Waals surface area contributed by atoms with Crippen molar-refractivity contribution in [3.8, 4) is 0 Å². The summed E-state index contributed by atoms with van der Waals surface area (Å²) >= 11 is 6.15. The molecule has 27 heteroatoms. The number of ether oxygens (including phenoxy) is 5. The van der Waals surface area contributed by atoms with Crippen molar-refractivity contribution >= 4 is 63.0 Å². The van der Waals surface area contributed by atoms with Gasteiger partial charge in [-0.25, -0.2) is 19.2 Å². The van der Waals surface area contributed by atoms with Crippen LogP contribution in [-0.2, 0) is 42.5 Å². The molecule has 14 N–H and O–H groups in total. The minimum Gasteiger partial charge on any atom is -0.480 e. The lowest BCUT2D eigenvalue weighted by molar-refractivity contribution is -0.146. The Kier molecular flexibility index (Phi) is 41.3. The molecule has 3 amide bonds. The largest absolute Gasteiger partial charge is 0.480 e. The van der Waals surface area contributed by atoms with Crippen LogP contribution in [0.25, 0.3) is 0 Å². The van der Waals surface area contributed by atoms with E-state index in [1.807, 2.05) is 0 Å². The van der Waals surface area contributed by atoms with Crippen LogP contribution in [0.15, 0.2) is 0 Å². The van der Waals surface area contributed by atoms with Crippen LogP contribution in [-0.4, -0.2) is 193 Å². The van der Waals surface area contributed by atoms with Crippen LogP contribution in [0.5, 0.6) is 0 Å². The van der Waals surface area contributed by atoms with Gasteiger partial charge in [0.25, 0.3) is 0 Å². The van der Waals surface area contributed by atoms with Gasteiger partial charge < -0.3 is 91.3 Å². The minimum atomic E-state index is -1.91. The van der Waals surface area contributed by atoms with Crippen molar-refractivity contribution in [3.05, 3.63) is 0 Å². The van der Waals surface area contributed by atoms with Crippen LogP contribution >= 0.6 is 11.1 Å². The van der Waals surface area contributed by atoms with E-state index in [-0.39, 0.29) is 18.3 Å². The standard InChI is InChI=1S/C15H33NO4Si.C10H19NO5.C9H19NO4.C6H15ClSi.C5H11NO3.C4H9NO3/c1-11(17)12(16-13(18)20-14(2,3)4)10-19-21(8,9)15(5,6)7;1-6(12)7(8(13)15-5)11-9(14)16-10(2,3)4;1-6(12)7(5-11)10-8(13)14-9(2,3)4;1-6(2,3)8(4,5)7;1-3(7)4(6)5(8)9-2;1-2(6)3(5)4(7)8/h11-12,17H,10H2,1-9H3,(H,16,18);6-7,12H,1-5H3,(H,11,14);6-7,11-12H,5H2,1-4H3,(H,10,13);1-5H3;3-4,7H,6H2,1-2H3;2-3,6H,5H2,1H3,(H,7,8)/t11-,12+;6-,7-;6-,7+;;3-,4-;2-,3-/m111.11/s1. The summed E-state index contributed by atoms with van der Waals surface area (Å²) in [4.78, 5) is 65.8. The van der Waals surface area contributed by atoms with Gasteiger partial charge in [-0.05, 0) is 120 Å². The number of nitrogens with one attached hydrogen (secondary N) is 3. The topological polar surface area (TPSA) is 388 Å². The molecule has 0 rings (SSSR count). The highest BCUT2D eigenvalue weighted by Crippen LogP contribution is 2.38. The summed E-state index contributed by atoms with van der Waals surface area (Å²) in [7, 11) is -0.899. The Morgan fingerprint density at radius 3 is 1.00 bits per heavy atom. The summed E-state index contributed by atoms with van der Waals surface area (Å²) in [6.45, 7) is 44.6. The number of carbonyl (C=O) groups excluding carboxylic acids is 5. The van der Waals surface area contributed by atoms with Gasteiger partial charge in [0.05, 0.1) is 70.0 Å². The molecule has 0 spiro atoms. The summed E-state index contributed by atoms with van der Waals surface area (Å²) in [6, 6.07) is -4.37. The summed E-state index contributed by atoms with van der Waals surface area (Å²) in [5, 5.41) is 70.0. The van der Waals surface area contributed by atoms with Crippen molar-refractivity contribution in [2.24, 2.45) is 11.5 Å². The molecule has 0 aromatic heterocycles. The van der Waals surface area contributed by atoms with Crippen LogP contribution in [0, 0.1) is 0 Å². The van der Waals surface area contributed by atoms with Gasteiger partial charge in [0.2, 0.25) is 0 Å². The number of aliphatic hydroxyl groups excluding tert-OH is 6. The average Bonchev–Trinajstić information content (AvgIpc) is 3.19. The third-order valence-electron chi connectivity index (χ3n) is 10.4. The Morgan fingerprint density at radius 2 is 0.816 bits per heavy atom. The second kappa shape index (κ2) is 37.5. The van der Waals surface area contributed by atoms with Crippen LogP contribution in [0.2, 0.25) is 36.3 Å². The number of amides is 3. The fourth-order valence-electron chi connectivity index (χ4n) is 3.53. The number of esters is 2. The molecule has 0 aliphatic heterocycles. The van der Waals surface area contributed by atoms with Crippen LogP contribution in [0.4, 0.5) is 14.4 Å². The van der Waals surface area contributed by atoms with Gasteiger partial charge in [0.15, 0.2) is 21.7 Å². The average molecular weight is 1160 g/mol. The third kappa shape index (κ3) is 46.7. The predicted octanol–water partition coefficient (Wildman–Crippen LogP) is 4.85. The van der Waals surface area contributed by atoms with E-state index in [0.717, 1.165) is 0 Å². The summed E-state index contributed by atoms with van der Waals surface area (Å²) in [5.41, 5.74) is 8.25. The van der Waals surface area contributed by atoms with Gasteiger partial charge in [-0.3, -0.25) is 9.59 Å². The first kappa shape index (κ1) is 83.9. The SMILES string of the molecule is CC(C)(C)[Si](C)(C)Cl.COC(=O)[C@H](N)[C@@H](C)O.COC(=O)[C@H](NC(=O)OC(C)(C)C)[C@@H](C)O.C[C@@H](O)[C@@H](N)C(=O)O.C[C@@H](O)[C@H](CO)NC(=O)OC(C)(C)C.C[C@@H](O)[C@H](CO[Si](C)(C)C(C)(C)C)NC(=O)OC(C)(C)C. The Labute approximate surface area is 461 Å². The first-order chi connectivity index (χ1) is 33.5. The predicted molar refractivity (Wildman–Crippen MR) is 299 cm³/mol. The van der Waals surface area contributed by atoms with Gasteiger partial charge >= 0.3 is 36.2 Å². The molecule has 0 bridgehead atoms. The molecule has 0 aliphatic rings. The lowest BCUT2D eigenvalue weighted by Crippen LogP contribution is -2.50. The lowest BCUT2D eigenvalue weighted by atomic mass is 10.2. The molecule has 0 radical (unpaired) electrons. The molecular formula is C49H106ClN5O19Si2. The maximum absolute atomic E-state index is 11.8. The molecule has 0 aromatic carbocycles. The molecule has 0 saturated heterocycles. The summed E-state index contributed by atoms with van der Waals surface area (Å²) in [5.74, 6) is -2.49. The van der Waals surface area contributed by atoms with Gasteiger partial charge in [-0.1, -0.05) is 54.6 Å². The van der Waals surface area contributed by atoms with Crippen LogP contribution in [0.3, 0.4) is 0 Å². The third-order valence-corrected chi connectivity index (χ3v) is 20.2. The second-order valence-electron chi connectivity index (χ2n) is 23.7. The van der Waals surface area contributed by atoms with Crippen LogP contribution in [0.1, 0.15) is 138 Å². The molecule has 10 atom stereocenters. The monoisotopic (exact) mass is 1160 g/mol. The molecule has 0 aliphatic carbocycles. The van der Waals surface area contributed by atoms with Crippen molar-refractivity contribution in [2.45, 2.75) is 252 Å². The summed E-state index contributed by atoms with van der Waals surface area (Å²) in [6.07, 6.45) is -6.35. The maximum Gasteiger partial charge on any atom is 0.408 e. The number of methoxy groups -OCH3 is 2. The summed E-state index contributed by atoms with van der Waals surface area (Å²) < 4.78 is 29.8. The van der Waals surface area contributed by atoms with E-state index in [4.69, 9.17) is 66.7 Å². The van der Waals surface area contributed by atoms with E-state index in [1.54, 1.807) is 69.2 Å². The number of halogens is 1. The number of nitrogens with two attached hydrogens (primary N) is 2. The smallest absolute Gasteiger partial charge is 0.408 e. The van der Waals surface area contributed by atoms with E-state index in [0.29, 0.717) is 5.04 Å². The van der Waals surface area contributed by atoms with Crippen molar-refractivity contribution < 1.29 is 92.6 Å². The van der Waals surface area contributed by atoms with Crippen molar-refractivity contribution in [1.29, 1.82) is 0 Å². The number of carbonyl (C=O) groups is 6. The zero-order chi connectivity index (χ0) is 62.5. The molecule has 456 valence electrons. The fraction of sp³-hybridized carbons (Fsp3) is 0.878.